The van der Waals surface area contributed by atoms with Gasteiger partial charge in [0.15, 0.2) is 0 Å². The van der Waals surface area contributed by atoms with Crippen LogP contribution in [-0.4, -0.2) is 67.4 Å². The number of carbonyl (C=O) groups is 1. The molecule has 0 unspecified atom stereocenters. The number of likely N-dealkylation sites (tertiary alicyclic amines) is 1. The molecule has 6 nitrogen and oxygen atoms in total. The highest BCUT2D eigenvalue weighted by molar-refractivity contribution is 6.35. The summed E-state index contributed by atoms with van der Waals surface area (Å²) in [5.41, 5.74) is 2.85. The maximum Gasteiger partial charge on any atom is 0.224 e. The molecule has 2 heterocycles. The van der Waals surface area contributed by atoms with Crippen LogP contribution in [0.1, 0.15) is 36.8 Å². The number of hydrogen-bond donors (Lipinski definition) is 2. The Morgan fingerprint density at radius 3 is 2.43 bits per heavy atom. The molecular formula is C27H35Cl2N5O. The number of amides is 1. The number of nitrogens with zero attached hydrogens (tertiary/aromatic N) is 3. The van der Waals surface area contributed by atoms with Crippen LogP contribution in [0.4, 0.5) is 5.69 Å². The van der Waals surface area contributed by atoms with Crippen LogP contribution in [0.3, 0.4) is 0 Å². The van der Waals surface area contributed by atoms with Gasteiger partial charge in [-0.2, -0.15) is 0 Å². The van der Waals surface area contributed by atoms with Crippen molar-refractivity contribution in [3.8, 4) is 0 Å². The fraction of sp³-hybridized carbons (Fsp3) is 0.481. The van der Waals surface area contributed by atoms with Crippen LogP contribution in [-0.2, 0) is 17.8 Å². The van der Waals surface area contributed by atoms with Crippen molar-refractivity contribution in [3.05, 3.63) is 63.6 Å². The Morgan fingerprint density at radius 2 is 1.71 bits per heavy atom. The zero-order valence-corrected chi connectivity index (χ0v) is 21.8. The highest BCUT2D eigenvalue weighted by atomic mass is 35.5. The van der Waals surface area contributed by atoms with Crippen LogP contribution < -0.4 is 10.6 Å². The molecule has 35 heavy (non-hydrogen) atoms. The van der Waals surface area contributed by atoms with Crippen molar-refractivity contribution in [2.24, 2.45) is 4.99 Å². The molecule has 2 saturated heterocycles. The molecule has 0 aliphatic carbocycles. The second-order valence-electron chi connectivity index (χ2n) is 9.29. The van der Waals surface area contributed by atoms with Gasteiger partial charge in [-0.25, -0.2) is 0 Å². The van der Waals surface area contributed by atoms with E-state index in [0.29, 0.717) is 29.4 Å². The van der Waals surface area contributed by atoms with Crippen LogP contribution in [0.5, 0.6) is 0 Å². The summed E-state index contributed by atoms with van der Waals surface area (Å²) in [5, 5.41) is 7.60. The van der Waals surface area contributed by atoms with E-state index >= 15 is 0 Å². The Morgan fingerprint density at radius 1 is 0.971 bits per heavy atom. The molecule has 0 radical (unpaired) electrons. The van der Waals surface area contributed by atoms with E-state index < -0.39 is 0 Å². The first kappa shape index (κ1) is 26.0. The second kappa shape index (κ2) is 13.3. The fourth-order valence-electron chi connectivity index (χ4n) is 4.56. The van der Waals surface area contributed by atoms with Crippen LogP contribution >= 0.6 is 23.2 Å². The SMILES string of the molecule is O=C(CCc1ccc(Cl)cc1Cl)Nc1ccc(CN=C(CN2CCCCC2)N2CCNCC2)cc1. The number of nitrogens with one attached hydrogen (secondary N) is 2. The number of piperidine rings is 1. The minimum absolute atomic E-state index is 0.0377. The number of carbonyl (C=O) groups excluding carboxylic acids is 1. The first-order valence-corrected chi connectivity index (χ1v) is 13.4. The van der Waals surface area contributed by atoms with Crippen LogP contribution in [0.25, 0.3) is 0 Å². The van der Waals surface area contributed by atoms with Crippen molar-refractivity contribution >= 4 is 40.6 Å². The Kier molecular flexibility index (Phi) is 9.83. The van der Waals surface area contributed by atoms with Gasteiger partial charge in [0.05, 0.1) is 13.1 Å². The van der Waals surface area contributed by atoms with E-state index in [-0.39, 0.29) is 5.91 Å². The summed E-state index contributed by atoms with van der Waals surface area (Å²) in [6.45, 7) is 7.97. The second-order valence-corrected chi connectivity index (χ2v) is 10.1. The van der Waals surface area contributed by atoms with Gasteiger partial charge in [0.2, 0.25) is 5.91 Å². The molecule has 2 aromatic carbocycles. The number of hydrogen-bond acceptors (Lipinski definition) is 4. The molecule has 0 saturated carbocycles. The van der Waals surface area contributed by atoms with Gasteiger partial charge in [0.1, 0.15) is 5.84 Å². The van der Waals surface area contributed by atoms with Crippen molar-refractivity contribution in [3.63, 3.8) is 0 Å². The highest BCUT2D eigenvalue weighted by Crippen LogP contribution is 2.22. The molecule has 2 aromatic rings. The predicted molar refractivity (Wildman–Crippen MR) is 146 cm³/mol. The average molecular weight is 517 g/mol. The quantitative estimate of drug-likeness (QED) is 0.389. The third kappa shape index (κ3) is 8.21. The molecule has 8 heteroatoms. The van der Waals surface area contributed by atoms with Gasteiger partial charge in [0, 0.05) is 48.3 Å². The molecule has 2 fully saturated rings. The number of piperazine rings is 1. The van der Waals surface area contributed by atoms with Crippen molar-refractivity contribution in [1.29, 1.82) is 0 Å². The molecule has 0 bridgehead atoms. The van der Waals surface area contributed by atoms with Crippen molar-refractivity contribution < 1.29 is 4.79 Å². The Balaban J connectivity index is 1.31. The number of rotatable bonds is 8. The maximum atomic E-state index is 12.4. The molecule has 0 aromatic heterocycles. The van der Waals surface area contributed by atoms with Gasteiger partial charge in [0.25, 0.3) is 0 Å². The average Bonchev–Trinajstić information content (AvgIpc) is 2.88. The third-order valence-corrected chi connectivity index (χ3v) is 7.20. The number of aliphatic imine (C=N–C) groups is 1. The van der Waals surface area contributed by atoms with Gasteiger partial charge in [-0.05, 0) is 67.7 Å². The van der Waals surface area contributed by atoms with Gasteiger partial charge in [-0.3, -0.25) is 14.7 Å². The fourth-order valence-corrected chi connectivity index (χ4v) is 5.07. The number of amidine groups is 1. The third-order valence-electron chi connectivity index (χ3n) is 6.61. The smallest absolute Gasteiger partial charge is 0.224 e. The largest absolute Gasteiger partial charge is 0.357 e. The lowest BCUT2D eigenvalue weighted by Crippen LogP contribution is -2.50. The first-order chi connectivity index (χ1) is 17.1. The van der Waals surface area contributed by atoms with Gasteiger partial charge < -0.3 is 15.5 Å². The van der Waals surface area contributed by atoms with E-state index in [9.17, 15) is 4.79 Å². The summed E-state index contributed by atoms with van der Waals surface area (Å²) in [7, 11) is 0. The van der Waals surface area contributed by atoms with Crippen LogP contribution in [0.2, 0.25) is 10.0 Å². The molecule has 2 N–H and O–H groups in total. The summed E-state index contributed by atoms with van der Waals surface area (Å²) < 4.78 is 0. The number of aryl methyl sites for hydroxylation is 1. The van der Waals surface area contributed by atoms with Crippen molar-refractivity contribution in [2.45, 2.75) is 38.6 Å². The summed E-state index contributed by atoms with van der Waals surface area (Å²) in [6.07, 6.45) is 4.84. The van der Waals surface area contributed by atoms with Gasteiger partial charge in [-0.1, -0.05) is 47.8 Å². The molecule has 188 valence electrons. The van der Waals surface area contributed by atoms with E-state index in [1.807, 2.05) is 30.3 Å². The minimum atomic E-state index is -0.0377. The minimum Gasteiger partial charge on any atom is -0.357 e. The van der Waals surface area contributed by atoms with Crippen LogP contribution in [0, 0.1) is 0 Å². The van der Waals surface area contributed by atoms with E-state index in [1.54, 1.807) is 12.1 Å². The van der Waals surface area contributed by atoms with Gasteiger partial charge >= 0.3 is 0 Å². The lowest BCUT2D eigenvalue weighted by Gasteiger charge is -2.34. The van der Waals surface area contributed by atoms with E-state index in [2.05, 4.69) is 20.4 Å². The summed E-state index contributed by atoms with van der Waals surface area (Å²) in [6, 6.07) is 13.4. The zero-order chi connectivity index (χ0) is 24.5. The number of anilines is 1. The summed E-state index contributed by atoms with van der Waals surface area (Å²) in [5.74, 6) is 1.16. The molecule has 0 spiro atoms. The normalized spacial score (nSPS) is 17.4. The Labute approximate surface area is 218 Å². The molecule has 0 atom stereocenters. The van der Waals surface area contributed by atoms with Crippen molar-refractivity contribution in [1.82, 2.24) is 15.1 Å². The van der Waals surface area contributed by atoms with Crippen LogP contribution in [0.15, 0.2) is 47.5 Å². The van der Waals surface area contributed by atoms with Gasteiger partial charge in [-0.15, -0.1) is 0 Å². The van der Waals surface area contributed by atoms with E-state index in [1.165, 1.54) is 38.2 Å². The highest BCUT2D eigenvalue weighted by Gasteiger charge is 2.19. The predicted octanol–water partition coefficient (Wildman–Crippen LogP) is 4.85. The van der Waals surface area contributed by atoms with E-state index in [0.717, 1.165) is 49.5 Å². The molecule has 2 aliphatic heterocycles. The zero-order valence-electron chi connectivity index (χ0n) is 20.2. The number of halogens is 2. The molecule has 4 rings (SSSR count). The Hall–Kier alpha value is -2.12. The lowest BCUT2D eigenvalue weighted by atomic mass is 10.1. The molecule has 1 amide bonds. The monoisotopic (exact) mass is 515 g/mol. The Bertz CT molecular complexity index is 999. The van der Waals surface area contributed by atoms with E-state index in [4.69, 9.17) is 28.2 Å². The first-order valence-electron chi connectivity index (χ1n) is 12.6. The number of benzene rings is 2. The topological polar surface area (TPSA) is 60.0 Å². The summed E-state index contributed by atoms with van der Waals surface area (Å²) >= 11 is 12.2. The molecular weight excluding hydrogens is 481 g/mol. The molecule has 2 aliphatic rings. The standard InChI is InChI=1S/C27H35Cl2N5O/c28-23-8-6-22(25(29)18-23)7-11-27(35)32-24-9-4-21(5-10-24)19-31-26(34-16-12-30-13-17-34)20-33-14-2-1-3-15-33/h4-6,8-10,18,30H,1-3,7,11-17,19-20H2,(H,32,35). The maximum absolute atomic E-state index is 12.4. The van der Waals surface area contributed by atoms with Crippen molar-refractivity contribution in [2.75, 3.05) is 51.1 Å². The lowest BCUT2D eigenvalue weighted by molar-refractivity contribution is -0.116. The summed E-state index contributed by atoms with van der Waals surface area (Å²) in [4.78, 5) is 22.4.